The molecule has 2 aliphatic rings. The van der Waals surface area contributed by atoms with Gasteiger partial charge in [-0.15, -0.1) is 11.8 Å². The van der Waals surface area contributed by atoms with Crippen LogP contribution in [-0.2, 0) is 6.42 Å². The normalized spacial score (nSPS) is 25.1. The van der Waals surface area contributed by atoms with Gasteiger partial charge in [0.05, 0.1) is 0 Å². The lowest BCUT2D eigenvalue weighted by atomic mass is 9.99. The van der Waals surface area contributed by atoms with Gasteiger partial charge in [-0.3, -0.25) is 0 Å². The summed E-state index contributed by atoms with van der Waals surface area (Å²) in [7, 11) is 0. The van der Waals surface area contributed by atoms with E-state index < -0.39 is 0 Å². The van der Waals surface area contributed by atoms with Crippen LogP contribution in [-0.4, -0.2) is 29.8 Å². The Hall–Kier alpha value is -1.25. The molecular weight excluding hydrogens is 274 g/mol. The molecule has 2 aliphatic heterocycles. The van der Waals surface area contributed by atoms with Crippen LogP contribution in [0.25, 0.3) is 0 Å². The van der Waals surface area contributed by atoms with Crippen LogP contribution in [0.4, 0.5) is 0 Å². The van der Waals surface area contributed by atoms with Crippen molar-refractivity contribution in [1.82, 2.24) is 4.90 Å². The second-order valence-electron chi connectivity index (χ2n) is 6.21. The molecule has 0 aliphatic carbocycles. The summed E-state index contributed by atoms with van der Waals surface area (Å²) in [5, 5.41) is 0.747. The van der Waals surface area contributed by atoms with E-state index in [1.165, 1.54) is 42.9 Å². The first kappa shape index (κ1) is 13.4. The summed E-state index contributed by atoms with van der Waals surface area (Å²) in [6.07, 6.45) is 2.56. The number of hydrogen-bond donors (Lipinski definition) is 0. The summed E-state index contributed by atoms with van der Waals surface area (Å²) >= 11 is 2.08. The topological polar surface area (TPSA) is 3.24 Å². The maximum Gasteiger partial charge on any atom is 0.0263 e. The summed E-state index contributed by atoms with van der Waals surface area (Å²) in [5.74, 6) is 0.736. The zero-order chi connectivity index (χ0) is 14.1. The Morgan fingerprint density at radius 1 is 1.00 bits per heavy atom. The molecule has 2 heteroatoms. The van der Waals surface area contributed by atoms with E-state index in [0.717, 1.165) is 11.2 Å². The van der Waals surface area contributed by atoms with E-state index in [-0.39, 0.29) is 0 Å². The summed E-state index contributed by atoms with van der Waals surface area (Å²) < 4.78 is 0. The highest BCUT2D eigenvalue weighted by Crippen LogP contribution is 2.38. The van der Waals surface area contributed by atoms with Crippen LogP contribution in [0.2, 0.25) is 0 Å². The lowest BCUT2D eigenvalue weighted by molar-refractivity contribution is 0.335. The van der Waals surface area contributed by atoms with Crippen LogP contribution >= 0.6 is 11.8 Å². The van der Waals surface area contributed by atoms with E-state index in [4.69, 9.17) is 0 Å². The quantitative estimate of drug-likeness (QED) is 0.835. The molecule has 0 spiro atoms. The zero-order valence-electron chi connectivity index (χ0n) is 12.2. The second kappa shape index (κ2) is 5.86. The van der Waals surface area contributed by atoms with E-state index >= 15 is 0 Å². The standard InChI is InChI=1S/C19H21NS/c1-2-6-15(7-3-1)17-10-11-20(13-17)14-18-12-16-8-4-5-9-19(16)21-18/h1-9,17-18H,10-14H2. The van der Waals surface area contributed by atoms with E-state index in [2.05, 4.69) is 71.3 Å². The summed E-state index contributed by atoms with van der Waals surface area (Å²) in [6, 6.07) is 19.9. The fourth-order valence-corrected chi connectivity index (χ4v) is 5.01. The summed E-state index contributed by atoms with van der Waals surface area (Å²) in [5.41, 5.74) is 3.06. The predicted octanol–water partition coefficient (Wildman–Crippen LogP) is 4.19. The Kier molecular flexibility index (Phi) is 3.74. The smallest absolute Gasteiger partial charge is 0.0263 e. The molecule has 2 aromatic carbocycles. The molecule has 2 aromatic rings. The summed E-state index contributed by atoms with van der Waals surface area (Å²) in [6.45, 7) is 3.73. The SMILES string of the molecule is c1ccc(C2CCN(CC3Cc4ccccc4S3)C2)cc1. The van der Waals surface area contributed by atoms with E-state index in [9.17, 15) is 0 Å². The van der Waals surface area contributed by atoms with Gasteiger partial charge in [-0.05, 0) is 42.5 Å². The molecule has 1 nitrogen and oxygen atoms in total. The minimum Gasteiger partial charge on any atom is -0.302 e. The largest absolute Gasteiger partial charge is 0.302 e. The monoisotopic (exact) mass is 295 g/mol. The maximum absolute atomic E-state index is 2.67. The average molecular weight is 295 g/mol. The van der Waals surface area contributed by atoms with Gasteiger partial charge < -0.3 is 4.90 Å². The van der Waals surface area contributed by atoms with E-state index in [1.54, 1.807) is 5.56 Å². The van der Waals surface area contributed by atoms with Crippen molar-refractivity contribution in [2.45, 2.75) is 28.9 Å². The van der Waals surface area contributed by atoms with Gasteiger partial charge in [0.2, 0.25) is 0 Å². The molecule has 0 saturated carbocycles. The summed E-state index contributed by atoms with van der Waals surface area (Å²) in [4.78, 5) is 4.17. The number of thioether (sulfide) groups is 1. The molecule has 1 fully saturated rings. The first-order chi connectivity index (χ1) is 10.4. The Morgan fingerprint density at radius 3 is 2.67 bits per heavy atom. The predicted molar refractivity (Wildman–Crippen MR) is 90.0 cm³/mol. The molecular formula is C19H21NS. The molecule has 2 heterocycles. The molecule has 0 radical (unpaired) electrons. The molecule has 108 valence electrons. The first-order valence-electron chi connectivity index (χ1n) is 7.90. The number of hydrogen-bond acceptors (Lipinski definition) is 2. The van der Waals surface area contributed by atoms with Crippen molar-refractivity contribution < 1.29 is 0 Å². The molecule has 21 heavy (non-hydrogen) atoms. The van der Waals surface area contributed by atoms with E-state index in [1.807, 2.05) is 0 Å². The molecule has 1 saturated heterocycles. The molecule has 0 amide bonds. The molecule has 2 unspecified atom stereocenters. The Morgan fingerprint density at radius 2 is 1.81 bits per heavy atom. The van der Waals surface area contributed by atoms with Gasteiger partial charge in [-0.1, -0.05) is 48.5 Å². The van der Waals surface area contributed by atoms with Crippen molar-refractivity contribution in [3.05, 3.63) is 65.7 Å². The van der Waals surface area contributed by atoms with Crippen molar-refractivity contribution in [3.8, 4) is 0 Å². The van der Waals surface area contributed by atoms with Crippen molar-refractivity contribution >= 4 is 11.8 Å². The maximum atomic E-state index is 2.67. The van der Waals surface area contributed by atoms with Crippen molar-refractivity contribution in [2.75, 3.05) is 19.6 Å². The van der Waals surface area contributed by atoms with Crippen molar-refractivity contribution in [3.63, 3.8) is 0 Å². The van der Waals surface area contributed by atoms with Crippen molar-refractivity contribution in [2.24, 2.45) is 0 Å². The molecule has 0 aromatic heterocycles. The van der Waals surface area contributed by atoms with Gasteiger partial charge in [0, 0.05) is 23.2 Å². The number of benzene rings is 2. The van der Waals surface area contributed by atoms with Gasteiger partial charge in [0.1, 0.15) is 0 Å². The van der Waals surface area contributed by atoms with Gasteiger partial charge >= 0.3 is 0 Å². The number of nitrogens with zero attached hydrogens (tertiary/aromatic N) is 1. The van der Waals surface area contributed by atoms with Gasteiger partial charge in [0.15, 0.2) is 0 Å². The molecule has 4 rings (SSSR count). The van der Waals surface area contributed by atoms with Gasteiger partial charge in [0.25, 0.3) is 0 Å². The van der Waals surface area contributed by atoms with E-state index in [0.29, 0.717) is 0 Å². The fraction of sp³-hybridized carbons (Fsp3) is 0.368. The van der Waals surface area contributed by atoms with Gasteiger partial charge in [-0.2, -0.15) is 0 Å². The molecule has 0 bridgehead atoms. The van der Waals surface area contributed by atoms with Crippen LogP contribution in [0.15, 0.2) is 59.5 Å². The number of fused-ring (bicyclic) bond motifs is 1. The van der Waals surface area contributed by atoms with Crippen LogP contribution < -0.4 is 0 Å². The zero-order valence-corrected chi connectivity index (χ0v) is 13.1. The third-order valence-corrected chi connectivity index (χ3v) is 6.02. The van der Waals surface area contributed by atoms with Gasteiger partial charge in [-0.25, -0.2) is 0 Å². The molecule has 2 atom stereocenters. The Labute approximate surface area is 131 Å². The third-order valence-electron chi connectivity index (χ3n) is 4.72. The van der Waals surface area contributed by atoms with Crippen LogP contribution in [0, 0.1) is 0 Å². The van der Waals surface area contributed by atoms with Crippen LogP contribution in [0.1, 0.15) is 23.5 Å². The third kappa shape index (κ3) is 2.88. The highest BCUT2D eigenvalue weighted by Gasteiger charge is 2.28. The first-order valence-corrected chi connectivity index (χ1v) is 8.78. The van der Waals surface area contributed by atoms with Crippen molar-refractivity contribution in [1.29, 1.82) is 0 Å². The highest BCUT2D eigenvalue weighted by molar-refractivity contribution is 8.00. The average Bonchev–Trinajstić information content (AvgIpc) is 3.14. The lowest BCUT2D eigenvalue weighted by Crippen LogP contribution is -2.28. The van der Waals surface area contributed by atoms with Crippen LogP contribution in [0.3, 0.4) is 0 Å². The van der Waals surface area contributed by atoms with Crippen LogP contribution in [0.5, 0.6) is 0 Å². The minimum atomic E-state index is 0.736. The lowest BCUT2D eigenvalue weighted by Gasteiger charge is -2.20. The number of rotatable bonds is 3. The highest BCUT2D eigenvalue weighted by atomic mass is 32.2. The Balaban J connectivity index is 1.36. The minimum absolute atomic E-state index is 0.736. The second-order valence-corrected chi connectivity index (χ2v) is 7.55. The molecule has 0 N–H and O–H groups in total. The fourth-order valence-electron chi connectivity index (χ4n) is 3.64. The Bertz CT molecular complexity index is 585. The number of likely N-dealkylation sites (tertiary alicyclic amines) is 1.